The molecule has 2 aromatic carbocycles. The Morgan fingerprint density at radius 2 is 1.85 bits per heavy atom. The summed E-state index contributed by atoms with van der Waals surface area (Å²) in [6, 6.07) is 14.8. The van der Waals surface area contributed by atoms with Crippen molar-refractivity contribution in [3.63, 3.8) is 0 Å². The van der Waals surface area contributed by atoms with Crippen molar-refractivity contribution in [3.8, 4) is 11.8 Å². The summed E-state index contributed by atoms with van der Waals surface area (Å²) in [7, 11) is 0. The number of nitrogens with zero attached hydrogens (tertiary/aromatic N) is 3. The number of likely N-dealkylation sites (tertiary alicyclic amines) is 1. The Hall–Kier alpha value is -3.32. The van der Waals surface area contributed by atoms with Crippen LogP contribution in [0.4, 0.5) is 4.39 Å². The van der Waals surface area contributed by atoms with E-state index in [-0.39, 0.29) is 29.7 Å². The van der Waals surface area contributed by atoms with E-state index in [1.165, 1.54) is 12.1 Å². The Balaban J connectivity index is 1.47. The Morgan fingerprint density at radius 3 is 2.64 bits per heavy atom. The molecular weight excluding hydrogens is 421 g/mol. The monoisotopic (exact) mass is 447 g/mol. The first-order valence-electron chi connectivity index (χ1n) is 11.4. The maximum atomic E-state index is 13.7. The molecule has 5 rings (SSSR count). The molecule has 3 atom stereocenters. The van der Waals surface area contributed by atoms with E-state index in [9.17, 15) is 14.3 Å². The fraction of sp³-hybridized carbons (Fsp3) is 0.346. The number of piperidine rings is 1. The molecule has 0 spiro atoms. The smallest absolute Gasteiger partial charge is 0.321 e. The average Bonchev–Trinajstić information content (AvgIpc) is 2.84. The zero-order valence-electron chi connectivity index (χ0n) is 18.2. The number of hydrogen-bond donors (Lipinski definition) is 1. The molecule has 0 radical (unpaired) electrons. The van der Waals surface area contributed by atoms with Gasteiger partial charge >= 0.3 is 6.01 Å². The highest BCUT2D eigenvalue weighted by atomic mass is 19.1. The minimum absolute atomic E-state index is 0.0911. The molecule has 2 heterocycles. The van der Waals surface area contributed by atoms with Crippen LogP contribution < -0.4 is 4.74 Å². The zero-order valence-corrected chi connectivity index (χ0v) is 18.2. The van der Waals surface area contributed by atoms with Gasteiger partial charge in [0, 0.05) is 30.4 Å². The van der Waals surface area contributed by atoms with Crippen molar-refractivity contribution >= 4 is 5.91 Å². The first-order chi connectivity index (χ1) is 16.0. The van der Waals surface area contributed by atoms with Crippen molar-refractivity contribution in [1.82, 2.24) is 14.9 Å². The average molecular weight is 448 g/mol. The SMILES string of the molecule is O=C(c1cccc(Oc2ncccn2)c1)N1CC[C@@]2(O)CCCC[C@H]2[C@@H]1c1ccc(F)cc1. The number of aromatic nitrogens is 2. The van der Waals surface area contributed by atoms with E-state index >= 15 is 0 Å². The summed E-state index contributed by atoms with van der Waals surface area (Å²) in [6.45, 7) is 0.431. The number of amides is 1. The van der Waals surface area contributed by atoms with Gasteiger partial charge < -0.3 is 14.7 Å². The van der Waals surface area contributed by atoms with E-state index in [2.05, 4.69) is 9.97 Å². The molecule has 1 N–H and O–H groups in total. The normalized spacial score (nSPS) is 24.7. The van der Waals surface area contributed by atoms with E-state index in [4.69, 9.17) is 4.74 Å². The largest absolute Gasteiger partial charge is 0.424 e. The van der Waals surface area contributed by atoms with Gasteiger partial charge in [-0.3, -0.25) is 4.79 Å². The van der Waals surface area contributed by atoms with Gasteiger partial charge in [0.2, 0.25) is 0 Å². The van der Waals surface area contributed by atoms with E-state index in [0.29, 0.717) is 24.3 Å². The van der Waals surface area contributed by atoms with Gasteiger partial charge in [0.05, 0.1) is 11.6 Å². The number of carbonyl (C=O) groups is 1. The van der Waals surface area contributed by atoms with Gasteiger partial charge in [-0.25, -0.2) is 14.4 Å². The zero-order chi connectivity index (χ0) is 22.8. The van der Waals surface area contributed by atoms with Gasteiger partial charge in [-0.1, -0.05) is 31.0 Å². The number of ether oxygens (including phenoxy) is 1. The van der Waals surface area contributed by atoms with Gasteiger partial charge in [-0.15, -0.1) is 0 Å². The van der Waals surface area contributed by atoms with E-state index in [1.54, 1.807) is 54.9 Å². The number of rotatable bonds is 4. The van der Waals surface area contributed by atoms with Crippen LogP contribution in [0.5, 0.6) is 11.8 Å². The molecule has 1 aliphatic heterocycles. The molecular formula is C26H26FN3O3. The third-order valence-corrected chi connectivity index (χ3v) is 6.87. The molecule has 2 aliphatic rings. The van der Waals surface area contributed by atoms with Crippen molar-refractivity contribution in [2.75, 3.05) is 6.54 Å². The highest BCUT2D eigenvalue weighted by molar-refractivity contribution is 5.95. The lowest BCUT2D eigenvalue weighted by Crippen LogP contribution is -2.56. The molecule has 1 saturated heterocycles. The first-order valence-corrected chi connectivity index (χ1v) is 11.4. The second-order valence-electron chi connectivity index (χ2n) is 8.86. The van der Waals surface area contributed by atoms with Crippen LogP contribution in [0, 0.1) is 11.7 Å². The predicted molar refractivity (Wildman–Crippen MR) is 120 cm³/mol. The van der Waals surface area contributed by atoms with Crippen LogP contribution in [0.15, 0.2) is 67.0 Å². The number of hydrogen-bond acceptors (Lipinski definition) is 5. The lowest BCUT2D eigenvalue weighted by atomic mass is 9.66. The molecule has 170 valence electrons. The topological polar surface area (TPSA) is 75.5 Å². The number of carbonyl (C=O) groups excluding carboxylic acids is 1. The molecule has 3 aromatic rings. The van der Waals surface area contributed by atoms with Crippen LogP contribution in [-0.2, 0) is 0 Å². The van der Waals surface area contributed by atoms with Crippen LogP contribution in [0.25, 0.3) is 0 Å². The van der Waals surface area contributed by atoms with Crippen molar-refractivity contribution in [2.45, 2.75) is 43.7 Å². The summed E-state index contributed by atoms with van der Waals surface area (Å²) >= 11 is 0. The van der Waals surface area contributed by atoms with Gasteiger partial charge in [-0.05, 0) is 61.2 Å². The molecule has 33 heavy (non-hydrogen) atoms. The molecule has 1 aliphatic carbocycles. The third-order valence-electron chi connectivity index (χ3n) is 6.87. The van der Waals surface area contributed by atoms with E-state index in [0.717, 1.165) is 31.2 Å². The van der Waals surface area contributed by atoms with Crippen molar-refractivity contribution in [2.24, 2.45) is 5.92 Å². The minimum atomic E-state index is -0.802. The number of halogens is 1. The molecule has 7 heteroatoms. The van der Waals surface area contributed by atoms with E-state index < -0.39 is 5.60 Å². The predicted octanol–water partition coefficient (Wildman–Crippen LogP) is 4.92. The van der Waals surface area contributed by atoms with Gasteiger partial charge in [0.15, 0.2) is 0 Å². The molecule has 1 saturated carbocycles. The van der Waals surface area contributed by atoms with Gasteiger partial charge in [-0.2, -0.15) is 0 Å². The number of fused-ring (bicyclic) bond motifs is 1. The standard InChI is InChI=1S/C26H26FN3O3/c27-20-10-8-18(9-11-20)23-22-7-1-2-12-26(22,32)13-16-30(23)24(31)19-5-3-6-21(17-19)33-25-28-14-4-15-29-25/h3-6,8-11,14-15,17,22-23,32H,1-2,7,12-13,16H2/t22-,23-,26-/m0/s1. The Bertz CT molecular complexity index is 1130. The summed E-state index contributed by atoms with van der Waals surface area (Å²) in [4.78, 5) is 23.7. The summed E-state index contributed by atoms with van der Waals surface area (Å²) < 4.78 is 19.4. The summed E-state index contributed by atoms with van der Waals surface area (Å²) in [5.41, 5.74) is 0.528. The molecule has 1 amide bonds. The van der Waals surface area contributed by atoms with Crippen LogP contribution >= 0.6 is 0 Å². The van der Waals surface area contributed by atoms with Crippen LogP contribution in [0.2, 0.25) is 0 Å². The van der Waals surface area contributed by atoms with Crippen LogP contribution in [0.1, 0.15) is 54.1 Å². The molecule has 0 unspecified atom stereocenters. The van der Waals surface area contributed by atoms with Crippen LogP contribution in [-0.4, -0.2) is 38.0 Å². The summed E-state index contributed by atoms with van der Waals surface area (Å²) in [5.74, 6) is -0.0844. The Morgan fingerprint density at radius 1 is 1.06 bits per heavy atom. The lowest BCUT2D eigenvalue weighted by molar-refractivity contribution is -0.115. The lowest BCUT2D eigenvalue weighted by Gasteiger charge is -2.52. The minimum Gasteiger partial charge on any atom is -0.424 e. The molecule has 2 fully saturated rings. The highest BCUT2D eigenvalue weighted by Crippen LogP contribution is 2.49. The molecule has 6 nitrogen and oxygen atoms in total. The second-order valence-corrected chi connectivity index (χ2v) is 8.86. The Kier molecular flexibility index (Phi) is 5.81. The van der Waals surface area contributed by atoms with Crippen molar-refractivity contribution in [1.29, 1.82) is 0 Å². The molecule has 1 aromatic heterocycles. The fourth-order valence-electron chi connectivity index (χ4n) is 5.28. The van der Waals surface area contributed by atoms with Gasteiger partial charge in [0.25, 0.3) is 5.91 Å². The maximum absolute atomic E-state index is 13.7. The molecule has 0 bridgehead atoms. The van der Waals surface area contributed by atoms with Crippen LogP contribution in [0.3, 0.4) is 0 Å². The summed E-state index contributed by atoms with van der Waals surface area (Å²) in [6.07, 6.45) is 7.27. The summed E-state index contributed by atoms with van der Waals surface area (Å²) in [5, 5.41) is 11.4. The van der Waals surface area contributed by atoms with Gasteiger partial charge in [0.1, 0.15) is 11.6 Å². The van der Waals surface area contributed by atoms with Crippen molar-refractivity contribution < 1.29 is 19.0 Å². The fourth-order valence-corrected chi connectivity index (χ4v) is 5.28. The number of benzene rings is 2. The number of aliphatic hydroxyl groups is 1. The first kappa shape index (κ1) is 21.5. The maximum Gasteiger partial charge on any atom is 0.321 e. The third kappa shape index (κ3) is 4.33. The second kappa shape index (κ2) is 8.90. The highest BCUT2D eigenvalue weighted by Gasteiger charge is 2.50. The quantitative estimate of drug-likeness (QED) is 0.615. The van der Waals surface area contributed by atoms with Crippen molar-refractivity contribution in [3.05, 3.63) is 83.9 Å². The van der Waals surface area contributed by atoms with E-state index in [1.807, 2.05) is 4.90 Å². The Labute approximate surface area is 192 Å².